The summed E-state index contributed by atoms with van der Waals surface area (Å²) in [5, 5.41) is 6.64. The Balaban J connectivity index is 1.87. The maximum absolute atomic E-state index is 12.7. The molecule has 4 heteroatoms. The zero-order valence-electron chi connectivity index (χ0n) is 13.4. The molecule has 0 spiro atoms. The molecule has 0 radical (unpaired) electrons. The first-order valence-corrected chi connectivity index (χ1v) is 8.17. The summed E-state index contributed by atoms with van der Waals surface area (Å²) in [6, 6.07) is 0. The second kappa shape index (κ2) is 6.44. The quantitative estimate of drug-likeness (QED) is 0.823. The average molecular weight is 281 g/mol. The van der Waals surface area contributed by atoms with Crippen LogP contribution in [0.3, 0.4) is 0 Å². The van der Waals surface area contributed by atoms with Gasteiger partial charge in [-0.3, -0.25) is 4.79 Å². The minimum absolute atomic E-state index is 0.118. The smallest absolute Gasteiger partial charge is 0.226 e. The van der Waals surface area contributed by atoms with E-state index in [-0.39, 0.29) is 10.8 Å². The topological polar surface area (TPSA) is 44.4 Å². The molecule has 2 N–H and O–H groups in total. The second-order valence-electron chi connectivity index (χ2n) is 7.18. The average Bonchev–Trinajstić information content (AvgIpc) is 2.49. The molecule has 20 heavy (non-hydrogen) atoms. The van der Waals surface area contributed by atoms with Gasteiger partial charge in [0.1, 0.15) is 0 Å². The molecule has 0 aromatic rings. The molecule has 0 saturated carbocycles. The van der Waals surface area contributed by atoms with Crippen molar-refractivity contribution in [3.63, 3.8) is 0 Å². The van der Waals surface area contributed by atoms with Gasteiger partial charge in [0.05, 0.1) is 5.41 Å². The van der Waals surface area contributed by atoms with E-state index < -0.39 is 0 Å². The zero-order chi connectivity index (χ0) is 14.6. The highest BCUT2D eigenvalue weighted by Gasteiger charge is 2.38. The number of amides is 1. The van der Waals surface area contributed by atoms with Crippen molar-refractivity contribution in [2.45, 2.75) is 46.0 Å². The van der Waals surface area contributed by atoms with E-state index in [1.807, 2.05) is 0 Å². The Labute approximate surface area is 123 Å². The predicted octanol–water partition coefficient (Wildman–Crippen LogP) is 1.61. The number of rotatable bonds is 4. The molecule has 0 aromatic heterocycles. The van der Waals surface area contributed by atoms with E-state index in [1.165, 1.54) is 12.8 Å². The van der Waals surface area contributed by atoms with Gasteiger partial charge in [-0.1, -0.05) is 13.8 Å². The van der Waals surface area contributed by atoms with Crippen molar-refractivity contribution < 1.29 is 4.79 Å². The fraction of sp³-hybridized carbons (Fsp3) is 0.938. The molecule has 4 nitrogen and oxygen atoms in total. The van der Waals surface area contributed by atoms with Gasteiger partial charge in [0, 0.05) is 6.54 Å². The highest BCUT2D eigenvalue weighted by molar-refractivity contribution is 5.82. The molecule has 2 rings (SSSR count). The molecule has 116 valence electrons. The van der Waals surface area contributed by atoms with Gasteiger partial charge >= 0.3 is 0 Å². The van der Waals surface area contributed by atoms with Crippen molar-refractivity contribution in [2.24, 2.45) is 10.8 Å². The molecule has 2 aliphatic rings. The summed E-state index contributed by atoms with van der Waals surface area (Å²) in [6.45, 7) is 9.56. The lowest BCUT2D eigenvalue weighted by Crippen LogP contribution is -2.50. The van der Waals surface area contributed by atoms with E-state index in [4.69, 9.17) is 0 Å². The number of carbonyl (C=O) groups excluding carboxylic acids is 1. The van der Waals surface area contributed by atoms with Gasteiger partial charge in [0.2, 0.25) is 5.91 Å². The van der Waals surface area contributed by atoms with E-state index in [0.29, 0.717) is 5.91 Å². The van der Waals surface area contributed by atoms with E-state index in [2.05, 4.69) is 36.4 Å². The Morgan fingerprint density at radius 2 is 1.80 bits per heavy atom. The summed E-state index contributed by atoms with van der Waals surface area (Å²) >= 11 is 0. The third-order valence-corrected chi connectivity index (χ3v) is 5.59. The van der Waals surface area contributed by atoms with Crippen molar-refractivity contribution in [1.82, 2.24) is 15.5 Å². The summed E-state index contributed by atoms with van der Waals surface area (Å²) in [4.78, 5) is 15.0. The van der Waals surface area contributed by atoms with Crippen LogP contribution in [0, 0.1) is 10.8 Å². The van der Waals surface area contributed by atoms with Crippen LogP contribution in [0.15, 0.2) is 0 Å². The fourth-order valence-corrected chi connectivity index (χ4v) is 3.46. The number of hydrogen-bond donors (Lipinski definition) is 2. The van der Waals surface area contributed by atoms with Crippen LogP contribution in [0.4, 0.5) is 0 Å². The van der Waals surface area contributed by atoms with Gasteiger partial charge in [-0.2, -0.15) is 0 Å². The van der Waals surface area contributed by atoms with Gasteiger partial charge < -0.3 is 15.5 Å². The van der Waals surface area contributed by atoms with Gasteiger partial charge in [-0.25, -0.2) is 0 Å². The molecule has 0 aliphatic carbocycles. The fourth-order valence-electron chi connectivity index (χ4n) is 3.46. The van der Waals surface area contributed by atoms with Crippen molar-refractivity contribution in [3.8, 4) is 0 Å². The minimum Gasteiger partial charge on any atom is -0.355 e. The van der Waals surface area contributed by atoms with Crippen molar-refractivity contribution >= 4 is 5.91 Å². The number of hydrogen-bond acceptors (Lipinski definition) is 3. The van der Waals surface area contributed by atoms with Crippen LogP contribution >= 0.6 is 0 Å². The van der Waals surface area contributed by atoms with Crippen molar-refractivity contribution in [2.75, 3.05) is 39.8 Å². The molecule has 0 atom stereocenters. The molecule has 0 bridgehead atoms. The summed E-state index contributed by atoms with van der Waals surface area (Å²) < 4.78 is 0. The summed E-state index contributed by atoms with van der Waals surface area (Å²) in [5.74, 6) is 0.293. The highest BCUT2D eigenvalue weighted by Crippen LogP contribution is 2.34. The van der Waals surface area contributed by atoms with Crippen LogP contribution in [0.5, 0.6) is 0 Å². The largest absolute Gasteiger partial charge is 0.355 e. The van der Waals surface area contributed by atoms with E-state index >= 15 is 0 Å². The lowest BCUT2D eigenvalue weighted by molar-refractivity contribution is -0.133. The van der Waals surface area contributed by atoms with E-state index in [9.17, 15) is 4.79 Å². The Hall–Kier alpha value is -0.610. The molecule has 2 saturated heterocycles. The number of nitrogens with one attached hydrogen (secondary N) is 2. The van der Waals surface area contributed by atoms with Crippen LogP contribution in [-0.4, -0.2) is 50.6 Å². The Morgan fingerprint density at radius 1 is 1.20 bits per heavy atom. The Bertz CT molecular complexity index is 329. The van der Waals surface area contributed by atoms with Crippen LogP contribution in [0.1, 0.15) is 46.0 Å². The van der Waals surface area contributed by atoms with Crippen LogP contribution in [-0.2, 0) is 4.79 Å². The van der Waals surface area contributed by atoms with Crippen LogP contribution in [0.25, 0.3) is 0 Å². The summed E-state index contributed by atoms with van der Waals surface area (Å²) in [5.41, 5.74) is 0.164. The third kappa shape index (κ3) is 3.53. The van der Waals surface area contributed by atoms with Crippen molar-refractivity contribution in [1.29, 1.82) is 0 Å². The number of carbonyl (C=O) groups is 1. The standard InChI is InChI=1S/C16H31N3O/c1-4-16(5-9-17-10-6-16)14(20)18-13-15(2)7-11-19(3)12-8-15/h17H,4-13H2,1-3H3,(H,18,20). The Kier molecular flexibility index (Phi) is 5.08. The summed E-state index contributed by atoms with van der Waals surface area (Å²) in [6.07, 6.45) is 5.29. The monoisotopic (exact) mass is 281 g/mol. The van der Waals surface area contributed by atoms with E-state index in [0.717, 1.165) is 52.0 Å². The maximum atomic E-state index is 12.7. The van der Waals surface area contributed by atoms with Crippen LogP contribution < -0.4 is 10.6 Å². The predicted molar refractivity (Wildman–Crippen MR) is 82.7 cm³/mol. The van der Waals surface area contributed by atoms with Crippen molar-refractivity contribution in [3.05, 3.63) is 0 Å². The lowest BCUT2D eigenvalue weighted by atomic mass is 9.75. The molecule has 0 aromatic carbocycles. The molecular formula is C16H31N3O. The normalized spacial score (nSPS) is 26.1. The molecule has 1 amide bonds. The molecular weight excluding hydrogens is 250 g/mol. The SMILES string of the molecule is CCC1(C(=O)NCC2(C)CCN(C)CC2)CCNCC1. The highest BCUT2D eigenvalue weighted by atomic mass is 16.2. The first-order valence-electron chi connectivity index (χ1n) is 8.17. The lowest BCUT2D eigenvalue weighted by Gasteiger charge is -2.40. The summed E-state index contributed by atoms with van der Waals surface area (Å²) in [7, 11) is 2.18. The molecule has 2 heterocycles. The van der Waals surface area contributed by atoms with Gasteiger partial charge in [0.15, 0.2) is 0 Å². The van der Waals surface area contributed by atoms with Gasteiger partial charge in [0.25, 0.3) is 0 Å². The minimum atomic E-state index is -0.118. The maximum Gasteiger partial charge on any atom is 0.226 e. The number of piperidine rings is 2. The second-order valence-corrected chi connectivity index (χ2v) is 7.18. The first kappa shape index (κ1) is 15.8. The third-order valence-electron chi connectivity index (χ3n) is 5.59. The van der Waals surface area contributed by atoms with E-state index in [1.54, 1.807) is 0 Å². The van der Waals surface area contributed by atoms with Gasteiger partial charge in [-0.05, 0) is 70.7 Å². The number of nitrogens with zero attached hydrogens (tertiary/aromatic N) is 1. The molecule has 2 fully saturated rings. The van der Waals surface area contributed by atoms with Gasteiger partial charge in [-0.15, -0.1) is 0 Å². The molecule has 2 aliphatic heterocycles. The zero-order valence-corrected chi connectivity index (χ0v) is 13.4. The Morgan fingerprint density at radius 3 is 2.35 bits per heavy atom. The number of likely N-dealkylation sites (tertiary alicyclic amines) is 1. The molecule has 0 unspecified atom stereocenters. The van der Waals surface area contributed by atoms with Crippen LogP contribution in [0.2, 0.25) is 0 Å². The first-order chi connectivity index (χ1) is 9.50.